The number of benzene rings is 1. The molecule has 5 heteroatoms. The third-order valence-electron chi connectivity index (χ3n) is 4.57. The smallest absolute Gasteiger partial charge is 0.410 e. The van der Waals surface area contributed by atoms with Gasteiger partial charge >= 0.3 is 6.09 Å². The molecule has 2 fully saturated rings. The fourth-order valence-electron chi connectivity index (χ4n) is 3.54. The van der Waals surface area contributed by atoms with Gasteiger partial charge in [0.25, 0.3) is 0 Å². The van der Waals surface area contributed by atoms with Gasteiger partial charge in [-0.05, 0) is 18.4 Å². The molecule has 3 atom stereocenters. The van der Waals surface area contributed by atoms with Gasteiger partial charge in [-0.2, -0.15) is 0 Å². The van der Waals surface area contributed by atoms with Gasteiger partial charge in [-0.15, -0.1) is 0 Å². The maximum absolute atomic E-state index is 12.4. The fraction of sp³-hybridized carbons (Fsp3) is 0.529. The van der Waals surface area contributed by atoms with E-state index in [9.17, 15) is 9.59 Å². The zero-order valence-corrected chi connectivity index (χ0v) is 12.8. The Kier molecular flexibility index (Phi) is 4.32. The summed E-state index contributed by atoms with van der Waals surface area (Å²) < 4.78 is 5.43. The molecule has 0 aliphatic carbocycles. The van der Waals surface area contributed by atoms with E-state index in [1.54, 1.807) is 4.90 Å². The molecule has 2 aliphatic rings. The van der Waals surface area contributed by atoms with E-state index in [-0.39, 0.29) is 36.6 Å². The SMILES string of the molecule is CCC[C@H]1C(=O)N[C@H]2CCN(C(=O)OCc3ccccc3)[C@@H]21. The quantitative estimate of drug-likeness (QED) is 0.928. The van der Waals surface area contributed by atoms with Gasteiger partial charge in [-0.25, -0.2) is 4.79 Å². The lowest BCUT2D eigenvalue weighted by atomic mass is 9.94. The Morgan fingerprint density at radius 1 is 1.36 bits per heavy atom. The first-order valence-corrected chi connectivity index (χ1v) is 7.98. The highest BCUT2D eigenvalue weighted by atomic mass is 16.6. The summed E-state index contributed by atoms with van der Waals surface area (Å²) in [6.45, 7) is 2.99. The Labute approximate surface area is 130 Å². The highest BCUT2D eigenvalue weighted by molar-refractivity contribution is 5.84. The van der Waals surface area contributed by atoms with Crippen LogP contribution in [0.3, 0.4) is 0 Å². The van der Waals surface area contributed by atoms with Crippen molar-refractivity contribution in [2.24, 2.45) is 5.92 Å². The van der Waals surface area contributed by atoms with Crippen molar-refractivity contribution in [2.75, 3.05) is 6.54 Å². The van der Waals surface area contributed by atoms with Crippen molar-refractivity contribution in [3.05, 3.63) is 35.9 Å². The van der Waals surface area contributed by atoms with Gasteiger partial charge < -0.3 is 15.0 Å². The summed E-state index contributed by atoms with van der Waals surface area (Å²) in [5, 5.41) is 3.02. The third-order valence-corrected chi connectivity index (χ3v) is 4.57. The van der Waals surface area contributed by atoms with Crippen molar-refractivity contribution in [3.8, 4) is 0 Å². The van der Waals surface area contributed by atoms with Crippen LogP contribution in [-0.2, 0) is 16.1 Å². The lowest BCUT2D eigenvalue weighted by Crippen LogP contribution is -2.42. The first-order chi connectivity index (χ1) is 10.7. The summed E-state index contributed by atoms with van der Waals surface area (Å²) in [6.07, 6.45) is 2.26. The van der Waals surface area contributed by atoms with Crippen molar-refractivity contribution in [1.29, 1.82) is 0 Å². The highest BCUT2D eigenvalue weighted by Gasteiger charge is 2.50. The van der Waals surface area contributed by atoms with Crippen LogP contribution in [0.5, 0.6) is 0 Å². The Bertz CT molecular complexity index is 546. The van der Waals surface area contributed by atoms with Crippen LogP contribution in [0.4, 0.5) is 4.79 Å². The molecule has 5 nitrogen and oxygen atoms in total. The Hall–Kier alpha value is -2.04. The van der Waals surface area contributed by atoms with Crippen LogP contribution in [0.15, 0.2) is 30.3 Å². The van der Waals surface area contributed by atoms with E-state index in [1.165, 1.54) is 0 Å². The number of carbonyl (C=O) groups excluding carboxylic acids is 2. The van der Waals surface area contributed by atoms with Crippen LogP contribution in [0, 0.1) is 5.92 Å². The second kappa shape index (κ2) is 6.38. The standard InChI is InChI=1S/C17H22N2O3/c1-2-6-13-15-14(18-16(13)20)9-10-19(15)17(21)22-11-12-7-4-3-5-8-12/h3-5,7-8,13-15H,2,6,9-11H2,1H3,(H,18,20)/t13-,14+,15-/m1/s1. The summed E-state index contributed by atoms with van der Waals surface area (Å²) in [4.78, 5) is 26.2. The number of rotatable bonds is 4. The number of nitrogens with one attached hydrogen (secondary N) is 1. The normalized spacial score (nSPS) is 26.7. The monoisotopic (exact) mass is 302 g/mol. The molecule has 2 amide bonds. The molecule has 1 aromatic rings. The van der Waals surface area contributed by atoms with Gasteiger partial charge in [0.15, 0.2) is 0 Å². The van der Waals surface area contributed by atoms with Gasteiger partial charge in [0, 0.05) is 6.54 Å². The zero-order valence-electron chi connectivity index (χ0n) is 12.8. The van der Waals surface area contributed by atoms with E-state index in [1.807, 2.05) is 30.3 Å². The summed E-state index contributed by atoms with van der Waals surface area (Å²) >= 11 is 0. The molecular weight excluding hydrogens is 280 g/mol. The molecule has 22 heavy (non-hydrogen) atoms. The minimum atomic E-state index is -0.311. The predicted molar refractivity (Wildman–Crippen MR) is 82.1 cm³/mol. The van der Waals surface area contributed by atoms with Crippen LogP contribution in [0.2, 0.25) is 0 Å². The average Bonchev–Trinajstić information content (AvgIpc) is 3.06. The molecule has 3 rings (SSSR count). The maximum Gasteiger partial charge on any atom is 0.410 e. The van der Waals surface area contributed by atoms with E-state index in [0.29, 0.717) is 6.54 Å². The molecule has 1 aromatic carbocycles. The fourth-order valence-corrected chi connectivity index (χ4v) is 3.54. The van der Waals surface area contributed by atoms with Gasteiger partial charge in [0.2, 0.25) is 5.91 Å². The Morgan fingerprint density at radius 2 is 2.14 bits per heavy atom. The summed E-state index contributed by atoms with van der Waals surface area (Å²) in [5.74, 6) is -0.0146. The van der Waals surface area contributed by atoms with Crippen LogP contribution in [0.25, 0.3) is 0 Å². The molecule has 0 unspecified atom stereocenters. The number of ether oxygens (including phenoxy) is 1. The predicted octanol–water partition coefficient (Wildman–Crippen LogP) is 2.31. The summed E-state index contributed by atoms with van der Waals surface area (Å²) in [5.41, 5.74) is 0.970. The van der Waals surface area contributed by atoms with E-state index in [4.69, 9.17) is 4.74 Å². The molecule has 2 heterocycles. The minimum absolute atomic E-state index is 0.0456. The van der Waals surface area contributed by atoms with Crippen LogP contribution < -0.4 is 5.32 Å². The number of fused-ring (bicyclic) bond motifs is 1. The largest absolute Gasteiger partial charge is 0.445 e. The molecule has 0 spiro atoms. The number of carbonyl (C=O) groups is 2. The zero-order chi connectivity index (χ0) is 15.5. The topological polar surface area (TPSA) is 58.6 Å². The summed E-state index contributed by atoms with van der Waals surface area (Å²) in [6, 6.07) is 9.68. The minimum Gasteiger partial charge on any atom is -0.445 e. The van der Waals surface area contributed by atoms with Crippen molar-refractivity contribution in [2.45, 2.75) is 44.9 Å². The van der Waals surface area contributed by atoms with E-state index in [0.717, 1.165) is 24.8 Å². The highest BCUT2D eigenvalue weighted by Crippen LogP contribution is 2.33. The van der Waals surface area contributed by atoms with Gasteiger partial charge in [-0.1, -0.05) is 43.7 Å². The van der Waals surface area contributed by atoms with Crippen molar-refractivity contribution in [3.63, 3.8) is 0 Å². The lowest BCUT2D eigenvalue weighted by molar-refractivity contribution is -0.123. The van der Waals surface area contributed by atoms with E-state index < -0.39 is 0 Å². The van der Waals surface area contributed by atoms with Crippen LogP contribution in [-0.4, -0.2) is 35.5 Å². The van der Waals surface area contributed by atoms with Crippen molar-refractivity contribution in [1.82, 2.24) is 10.2 Å². The molecule has 2 aliphatic heterocycles. The first kappa shape index (κ1) is 14.9. The van der Waals surface area contributed by atoms with Gasteiger partial charge in [0.1, 0.15) is 6.61 Å². The summed E-state index contributed by atoms with van der Waals surface area (Å²) in [7, 11) is 0. The second-order valence-electron chi connectivity index (χ2n) is 6.02. The second-order valence-corrected chi connectivity index (χ2v) is 6.02. The molecule has 0 radical (unpaired) electrons. The third kappa shape index (κ3) is 2.80. The first-order valence-electron chi connectivity index (χ1n) is 7.98. The lowest BCUT2D eigenvalue weighted by Gasteiger charge is -2.26. The van der Waals surface area contributed by atoms with Gasteiger partial charge in [0.05, 0.1) is 18.0 Å². The Balaban J connectivity index is 1.64. The number of hydrogen-bond acceptors (Lipinski definition) is 3. The number of hydrogen-bond donors (Lipinski definition) is 1. The van der Waals surface area contributed by atoms with E-state index >= 15 is 0 Å². The maximum atomic E-state index is 12.4. The van der Waals surface area contributed by atoms with Crippen molar-refractivity contribution >= 4 is 12.0 Å². The number of nitrogens with zero attached hydrogens (tertiary/aromatic N) is 1. The molecule has 1 N–H and O–H groups in total. The molecule has 0 aromatic heterocycles. The van der Waals surface area contributed by atoms with Crippen molar-refractivity contribution < 1.29 is 14.3 Å². The molecule has 118 valence electrons. The molecule has 0 saturated carbocycles. The van der Waals surface area contributed by atoms with E-state index in [2.05, 4.69) is 12.2 Å². The molecule has 0 bridgehead atoms. The number of amides is 2. The number of likely N-dealkylation sites (tertiary alicyclic amines) is 1. The molecule has 2 saturated heterocycles. The van der Waals surface area contributed by atoms with Crippen LogP contribution in [0.1, 0.15) is 31.7 Å². The van der Waals surface area contributed by atoms with Crippen LogP contribution >= 0.6 is 0 Å². The molecular formula is C17H22N2O3. The Morgan fingerprint density at radius 3 is 2.86 bits per heavy atom. The average molecular weight is 302 g/mol. The van der Waals surface area contributed by atoms with Gasteiger partial charge in [-0.3, -0.25) is 4.79 Å².